The number of amides is 21. The molecule has 2 heterocycles. The summed E-state index contributed by atoms with van der Waals surface area (Å²) in [6.07, 6.45) is -8.09. The second-order valence-corrected chi connectivity index (χ2v) is 34.1. The normalized spacial score (nSPS) is 17.8. The molecule has 0 aromatic rings. The van der Waals surface area contributed by atoms with Crippen LogP contribution < -0.4 is 108 Å². The van der Waals surface area contributed by atoms with Gasteiger partial charge in [-0.3, -0.25) is 105 Å². The lowest BCUT2D eigenvalue weighted by molar-refractivity contribution is -0.145. The van der Waals surface area contributed by atoms with Gasteiger partial charge in [0.15, 0.2) is 6.04 Å². The van der Waals surface area contributed by atoms with Crippen LogP contribution in [0.15, 0.2) is 0 Å². The molecule has 2 rings (SSSR count). The number of carbonyl (C=O) groups is 23. The van der Waals surface area contributed by atoms with Gasteiger partial charge in [-0.05, 0) is 123 Å². The summed E-state index contributed by atoms with van der Waals surface area (Å²) in [4.78, 5) is 308. The van der Waals surface area contributed by atoms with Gasteiger partial charge >= 0.3 is 11.9 Å². The van der Waals surface area contributed by atoms with Crippen molar-refractivity contribution in [2.24, 2.45) is 35.0 Å². The average Bonchev–Trinajstić information content (AvgIpc) is 1.71. The first kappa shape index (κ1) is 117. The minimum absolute atomic E-state index is 0.0322. The highest BCUT2D eigenvalue weighted by molar-refractivity contribution is 7.98. The number of likely N-dealkylation sites (tertiary alicyclic amines) is 2. The Morgan fingerprint density at radius 3 is 1.16 bits per heavy atom. The molecule has 2 aliphatic heterocycles. The number of nitrogens with two attached hydrogens (primary N) is 3. The fourth-order valence-electron chi connectivity index (χ4n) is 13.3. The van der Waals surface area contributed by atoms with Gasteiger partial charge in [-0.1, -0.05) is 41.5 Å². The number of rotatable bonds is 58. The lowest BCUT2D eigenvalue weighted by Crippen LogP contribution is -2.63. The summed E-state index contributed by atoms with van der Waals surface area (Å²) in [5.41, 5.74) is 16.2. The van der Waals surface area contributed by atoms with Crippen LogP contribution in [0.3, 0.4) is 0 Å². The number of carboxylic acids is 2. The van der Waals surface area contributed by atoms with Crippen LogP contribution in [0.2, 0.25) is 0 Å². The largest absolute Gasteiger partial charge is 0.481 e. The summed E-state index contributed by atoms with van der Waals surface area (Å²) in [5.74, 6) is -26.9. The fraction of sp³-hybridized carbons (Fsp3) is 0.709. The van der Waals surface area contributed by atoms with Crippen molar-refractivity contribution in [3.63, 3.8) is 0 Å². The van der Waals surface area contributed by atoms with Crippen LogP contribution in [0.25, 0.3) is 0 Å². The van der Waals surface area contributed by atoms with E-state index in [1.165, 1.54) is 60.2 Å². The summed E-state index contributed by atoms with van der Waals surface area (Å²) in [6.45, 7) is 10.6. The molecule has 53 nitrogen and oxygen atoms in total. The number of primary amides is 2. The van der Waals surface area contributed by atoms with Crippen molar-refractivity contribution >= 4 is 148 Å². The van der Waals surface area contributed by atoms with Crippen LogP contribution in [0.5, 0.6) is 0 Å². The Morgan fingerprint density at radius 2 is 0.692 bits per heavy atom. The van der Waals surface area contributed by atoms with E-state index in [-0.39, 0.29) is 63.8 Å². The monoisotopic (exact) mass is 1920 g/mol. The van der Waals surface area contributed by atoms with Gasteiger partial charge in [0.1, 0.15) is 90.6 Å². The molecule has 0 spiro atoms. The highest BCUT2D eigenvalue weighted by Gasteiger charge is 2.45. The molecule has 0 aromatic heterocycles. The summed E-state index contributed by atoms with van der Waals surface area (Å²) < 4.78 is 0. The molecule has 0 bridgehead atoms. The van der Waals surface area contributed by atoms with Gasteiger partial charge in [0.25, 0.3) is 0 Å². The first-order valence-electron chi connectivity index (χ1n) is 42.9. The molecule has 0 radical (unpaired) electrons. The highest BCUT2D eigenvalue weighted by atomic mass is 32.2. The van der Waals surface area contributed by atoms with E-state index < -0.39 is 339 Å². The van der Waals surface area contributed by atoms with Crippen molar-refractivity contribution in [1.29, 1.82) is 0 Å². The van der Waals surface area contributed by atoms with Crippen molar-refractivity contribution in [2.75, 3.05) is 57.9 Å². The standard InChI is InChI=1S/C79H132N22O31S/c1-33(2)56(72(124)85-28-52(110)83-29-54(112)93-59(38(9)104)76(128)96-58(35(5)6)74(126)99-62(41(12)107)79(131)132)95-71(123)49-17-14-25-100(49)77(129)45(20-23-55(113)114)90-68(120)46(31-102)92-73(125)57(34(3)4)94-69(121)47(32-103)91-64(116)37(8)86-70(122)48-16-15-26-101(48)78(130)61(40(11)106)98-66(118)43(19-22-51(82)109)89-75(127)60(39(10)105)97-67(119)44(24-27-133-13)87-53(111)30-84-65(117)42(18-21-50(81)108)88-63(115)36(7)80/h33-49,56-62,102-107H,14-32,80H2,1-13H3,(H2,81,108)(H2,82,109)(H,83,110)(H,84,117)(H,85,124)(H,86,122)(H,87,111)(H,88,115)(H,89,127)(H,90,120)(H,91,116)(H,92,125)(H,93,112)(H,94,121)(H,95,123)(H,96,128)(H,97,119)(H,98,118)(H,99,126)(H,113,114)(H,131,132)/t36-,37-,38+,39+,40+,41+,42-,43-,44-,45-,46-,47-,48-,49-,56-,57-,58-,59-,60-,61-,62-/m0/s1. The van der Waals surface area contributed by atoms with Gasteiger partial charge in [-0.2, -0.15) is 11.8 Å². The zero-order chi connectivity index (χ0) is 101. The second-order valence-electron chi connectivity index (χ2n) is 33.1. The Balaban J connectivity index is 2.21. The molecule has 2 aliphatic rings. The fourth-order valence-corrected chi connectivity index (χ4v) is 13.7. The van der Waals surface area contributed by atoms with Crippen LogP contribution in [-0.4, -0.2) is 372 Å². The predicted molar refractivity (Wildman–Crippen MR) is 465 cm³/mol. The number of hydrogen-bond donors (Lipinski definition) is 28. The summed E-state index contributed by atoms with van der Waals surface area (Å²) in [7, 11) is 0. The summed E-state index contributed by atoms with van der Waals surface area (Å²) in [6, 6.07) is -27.5. The maximum atomic E-state index is 14.4. The van der Waals surface area contributed by atoms with Crippen LogP contribution in [0, 0.1) is 17.8 Å². The summed E-state index contributed by atoms with van der Waals surface area (Å²) in [5, 5.41) is 121. The molecule has 0 aliphatic carbocycles. The molecule has 2 saturated heterocycles. The number of aliphatic hydroxyl groups excluding tert-OH is 6. The van der Waals surface area contributed by atoms with Crippen LogP contribution in [0.4, 0.5) is 0 Å². The maximum Gasteiger partial charge on any atom is 0.328 e. The van der Waals surface area contributed by atoms with E-state index in [0.717, 1.165) is 44.4 Å². The van der Waals surface area contributed by atoms with E-state index in [9.17, 15) is 151 Å². The van der Waals surface area contributed by atoms with Crippen LogP contribution in [-0.2, 0) is 110 Å². The third-order valence-electron chi connectivity index (χ3n) is 20.9. The molecule has 2 fully saturated rings. The molecule has 0 aromatic carbocycles. The van der Waals surface area contributed by atoms with Crippen LogP contribution >= 0.6 is 11.8 Å². The number of nitrogens with zero attached hydrogens (tertiary/aromatic N) is 2. The second kappa shape index (κ2) is 57.3. The van der Waals surface area contributed by atoms with E-state index >= 15 is 0 Å². The number of carbonyl (C=O) groups excluding carboxylic acids is 21. The number of carboxylic acid groups (broad SMARTS) is 2. The van der Waals surface area contributed by atoms with Gasteiger partial charge in [0.05, 0.1) is 63.3 Å². The minimum atomic E-state index is -1.95. The predicted octanol–water partition coefficient (Wildman–Crippen LogP) is -13.8. The molecular weight excluding hydrogens is 1790 g/mol. The Bertz CT molecular complexity index is 4120. The van der Waals surface area contributed by atoms with Gasteiger partial charge in [0, 0.05) is 32.4 Å². The molecule has 54 heteroatoms. The van der Waals surface area contributed by atoms with Gasteiger partial charge in [-0.15, -0.1) is 0 Å². The smallest absolute Gasteiger partial charge is 0.328 e. The first-order valence-corrected chi connectivity index (χ1v) is 44.3. The van der Waals surface area contributed by atoms with Gasteiger partial charge in [-0.25, -0.2) is 4.79 Å². The molecule has 21 atom stereocenters. The van der Waals surface area contributed by atoms with Crippen LogP contribution in [0.1, 0.15) is 154 Å². The number of hydrogen-bond acceptors (Lipinski definition) is 31. The van der Waals surface area contributed by atoms with Gasteiger partial charge < -0.3 is 158 Å². The zero-order valence-electron chi connectivity index (χ0n) is 76.3. The lowest BCUT2D eigenvalue weighted by atomic mass is 10.0. The van der Waals surface area contributed by atoms with E-state index in [2.05, 4.69) is 90.4 Å². The maximum absolute atomic E-state index is 14.4. The molecular formula is C79H132N22O31S. The zero-order valence-corrected chi connectivity index (χ0v) is 77.1. The van der Waals surface area contributed by atoms with Gasteiger partial charge in [0.2, 0.25) is 124 Å². The highest BCUT2D eigenvalue weighted by Crippen LogP contribution is 2.23. The number of aliphatic hydroxyl groups is 6. The molecule has 133 heavy (non-hydrogen) atoms. The van der Waals surface area contributed by atoms with E-state index in [0.29, 0.717) is 0 Å². The molecule has 750 valence electrons. The molecule has 31 N–H and O–H groups in total. The van der Waals surface area contributed by atoms with E-state index in [1.807, 2.05) is 0 Å². The summed E-state index contributed by atoms with van der Waals surface area (Å²) >= 11 is 1.24. The van der Waals surface area contributed by atoms with E-state index in [4.69, 9.17) is 17.2 Å². The quantitative estimate of drug-likeness (QED) is 0.0269. The van der Waals surface area contributed by atoms with Crippen molar-refractivity contribution in [2.45, 2.75) is 281 Å². The minimum Gasteiger partial charge on any atom is -0.481 e. The van der Waals surface area contributed by atoms with E-state index in [1.54, 1.807) is 6.26 Å². The lowest BCUT2D eigenvalue weighted by Gasteiger charge is -2.32. The SMILES string of the molecule is CSCC[C@H](NC(=O)CNC(=O)[C@H](CCC(N)=O)NC(=O)[C@H](C)N)C(=O)N[C@H](C(=O)N[C@@H](CCC(N)=O)C(=O)N[C@H](C(=O)N1CCC[C@H]1C(=O)N[C@@H](C)C(=O)N[C@@H](CO)C(=O)N[C@H](C(=O)N[C@@H](CO)C(=O)N[C@@H](CCC(=O)O)C(=O)N1CCC[C@H]1C(=O)N[C@H](C(=O)NCC(=O)NCC(=O)N[C@H](C(=O)N[C@H](C(=O)N[C@H](C(=O)O)[C@@H](C)O)C(C)C)[C@@H](C)O)C(C)C)C(C)C)[C@@H](C)O)[C@@H](C)O. The average molecular weight is 1920 g/mol. The Labute approximate surface area is 769 Å². The van der Waals surface area contributed by atoms with Crippen molar-refractivity contribution in [3.8, 4) is 0 Å². The Kier molecular flexibility index (Phi) is 50.4. The topological polar surface area (TPSA) is 844 Å². The third kappa shape index (κ3) is 39.3. The molecule has 21 amide bonds. The third-order valence-corrected chi connectivity index (χ3v) is 21.5. The van der Waals surface area contributed by atoms with Crippen molar-refractivity contribution in [3.05, 3.63) is 0 Å². The Hall–Kier alpha value is -12.1. The van der Waals surface area contributed by atoms with Crippen molar-refractivity contribution < 1.29 is 151 Å². The Morgan fingerprint density at radius 1 is 0.346 bits per heavy atom. The first-order chi connectivity index (χ1) is 62.0. The number of aliphatic carboxylic acids is 2. The van der Waals surface area contributed by atoms with Crippen molar-refractivity contribution in [1.82, 2.24) is 100 Å². The molecule has 0 unspecified atom stereocenters. The number of nitrogens with one attached hydrogen (secondary N) is 17. The molecule has 0 saturated carbocycles. The number of thioether (sulfide) groups is 1.